The van der Waals surface area contributed by atoms with Crippen molar-refractivity contribution in [1.82, 2.24) is 25.0 Å². The lowest BCUT2D eigenvalue weighted by molar-refractivity contribution is -0.123. The highest BCUT2D eigenvalue weighted by Gasteiger charge is 2.29. The maximum Gasteiger partial charge on any atom is 0.258 e. The van der Waals surface area contributed by atoms with Crippen molar-refractivity contribution in [3.63, 3.8) is 0 Å². The van der Waals surface area contributed by atoms with Crippen LogP contribution in [0.3, 0.4) is 0 Å². The first kappa shape index (κ1) is 24.5. The Morgan fingerprint density at radius 2 is 1.94 bits per heavy atom. The minimum absolute atomic E-state index is 0.0191. The Balaban J connectivity index is 1.31. The second-order valence-electron chi connectivity index (χ2n) is 10.4. The van der Waals surface area contributed by atoms with Crippen LogP contribution in [0.1, 0.15) is 71.1 Å². The van der Waals surface area contributed by atoms with Gasteiger partial charge >= 0.3 is 0 Å². The molecular weight excluding hydrogens is 426 g/mol. The van der Waals surface area contributed by atoms with Gasteiger partial charge in [0.05, 0.1) is 6.04 Å². The summed E-state index contributed by atoms with van der Waals surface area (Å²) in [6, 6.07) is 9.15. The van der Waals surface area contributed by atoms with Gasteiger partial charge in [0.25, 0.3) is 5.91 Å². The zero-order valence-corrected chi connectivity index (χ0v) is 21.1. The number of nitrogens with zero attached hydrogens (tertiary/aromatic N) is 4. The van der Waals surface area contributed by atoms with E-state index in [0.29, 0.717) is 11.2 Å². The zero-order valence-electron chi connectivity index (χ0n) is 21.1. The molecule has 2 aliphatic rings. The van der Waals surface area contributed by atoms with Crippen molar-refractivity contribution in [2.24, 2.45) is 5.41 Å². The molecule has 2 aromatic rings. The highest BCUT2D eigenvalue weighted by Crippen LogP contribution is 2.41. The van der Waals surface area contributed by atoms with E-state index in [9.17, 15) is 4.79 Å². The summed E-state index contributed by atoms with van der Waals surface area (Å²) < 4.78 is 7.76. The van der Waals surface area contributed by atoms with Crippen molar-refractivity contribution in [3.05, 3.63) is 53.1 Å². The van der Waals surface area contributed by atoms with Crippen molar-refractivity contribution in [1.29, 1.82) is 0 Å². The maximum absolute atomic E-state index is 12.4. The summed E-state index contributed by atoms with van der Waals surface area (Å²) in [4.78, 5) is 15.0. The molecule has 7 nitrogen and oxygen atoms in total. The standard InChI is InChI=1S/C27H39N5O2/c1-20-9-8-14-27(3,4)23(20)12-15-31-16-13-24-29-30-26(32(24)18-17-31)21(2)28-25(33)19-34-22-10-6-5-7-11-22/h5-7,10-11,21H,8-9,12-19H2,1-4H3,(H,28,33)/t21-/m1/s1. The van der Waals surface area contributed by atoms with Gasteiger partial charge in [0.15, 0.2) is 12.4 Å². The van der Waals surface area contributed by atoms with Crippen LogP contribution in [-0.2, 0) is 17.8 Å². The third kappa shape index (κ3) is 5.87. The summed E-state index contributed by atoms with van der Waals surface area (Å²) in [5.41, 5.74) is 3.60. The summed E-state index contributed by atoms with van der Waals surface area (Å²) >= 11 is 0. The lowest BCUT2D eigenvalue weighted by atomic mass is 9.71. The fraction of sp³-hybridized carbons (Fsp3) is 0.593. The molecule has 0 unspecified atom stereocenters. The number of nitrogens with one attached hydrogen (secondary N) is 1. The molecule has 1 aromatic carbocycles. The first-order valence-electron chi connectivity index (χ1n) is 12.6. The highest BCUT2D eigenvalue weighted by molar-refractivity contribution is 5.77. The second kappa shape index (κ2) is 10.7. The minimum Gasteiger partial charge on any atom is -0.484 e. The molecule has 1 amide bonds. The fourth-order valence-electron chi connectivity index (χ4n) is 5.44. The number of hydrogen-bond acceptors (Lipinski definition) is 5. The van der Waals surface area contributed by atoms with E-state index in [1.165, 1.54) is 19.3 Å². The van der Waals surface area contributed by atoms with Crippen molar-refractivity contribution in [3.8, 4) is 5.75 Å². The number of carbonyl (C=O) groups excluding carboxylic acids is 1. The molecule has 1 N–H and O–H groups in total. The summed E-state index contributed by atoms with van der Waals surface area (Å²) in [5, 5.41) is 11.9. The largest absolute Gasteiger partial charge is 0.484 e. The molecule has 184 valence electrons. The lowest BCUT2D eigenvalue weighted by Crippen LogP contribution is -2.33. The van der Waals surface area contributed by atoms with E-state index in [-0.39, 0.29) is 18.6 Å². The van der Waals surface area contributed by atoms with Crippen LogP contribution in [0, 0.1) is 5.41 Å². The summed E-state index contributed by atoms with van der Waals surface area (Å²) in [5.74, 6) is 2.34. The Labute approximate surface area is 203 Å². The SMILES string of the molecule is CC1=C(CCN2CCc3nnc([C@@H](C)NC(=O)COc4ccccc4)n3CC2)C(C)(C)CCC1. The number of aromatic nitrogens is 3. The Bertz CT molecular complexity index is 1010. The molecule has 0 radical (unpaired) electrons. The summed E-state index contributed by atoms with van der Waals surface area (Å²) in [6.45, 7) is 13.0. The van der Waals surface area contributed by atoms with E-state index in [1.54, 1.807) is 11.1 Å². The molecule has 7 heteroatoms. The molecule has 1 aliphatic carbocycles. The van der Waals surface area contributed by atoms with Crippen LogP contribution >= 0.6 is 0 Å². The number of hydrogen-bond donors (Lipinski definition) is 1. The molecule has 0 spiro atoms. The van der Waals surface area contributed by atoms with Crippen LogP contribution in [0.4, 0.5) is 0 Å². The molecule has 0 fully saturated rings. The number of benzene rings is 1. The number of fused-ring (bicyclic) bond motifs is 1. The van der Waals surface area contributed by atoms with E-state index in [1.807, 2.05) is 37.3 Å². The van der Waals surface area contributed by atoms with Crippen molar-refractivity contribution >= 4 is 5.91 Å². The van der Waals surface area contributed by atoms with Gasteiger partial charge in [0.2, 0.25) is 0 Å². The lowest BCUT2D eigenvalue weighted by Gasteiger charge is -2.35. The molecule has 1 aromatic heterocycles. The molecular formula is C27H39N5O2. The van der Waals surface area contributed by atoms with E-state index < -0.39 is 0 Å². The van der Waals surface area contributed by atoms with Crippen LogP contribution < -0.4 is 10.1 Å². The topological polar surface area (TPSA) is 72.3 Å². The van der Waals surface area contributed by atoms with Gasteiger partial charge < -0.3 is 19.5 Å². The summed E-state index contributed by atoms with van der Waals surface area (Å²) in [6.07, 6.45) is 5.90. The quantitative estimate of drug-likeness (QED) is 0.588. The molecule has 4 rings (SSSR count). The zero-order chi connectivity index (χ0) is 24.1. The van der Waals surface area contributed by atoms with Gasteiger partial charge in [-0.3, -0.25) is 4.79 Å². The summed E-state index contributed by atoms with van der Waals surface area (Å²) in [7, 11) is 0. The van der Waals surface area contributed by atoms with E-state index >= 15 is 0 Å². The molecule has 34 heavy (non-hydrogen) atoms. The average molecular weight is 466 g/mol. The second-order valence-corrected chi connectivity index (χ2v) is 10.4. The minimum atomic E-state index is -0.226. The van der Waals surface area contributed by atoms with Gasteiger partial charge in [-0.15, -0.1) is 10.2 Å². The van der Waals surface area contributed by atoms with Crippen molar-refractivity contribution < 1.29 is 9.53 Å². The third-order valence-corrected chi connectivity index (χ3v) is 7.39. The maximum atomic E-state index is 12.4. The first-order valence-corrected chi connectivity index (χ1v) is 12.6. The predicted octanol–water partition coefficient (Wildman–Crippen LogP) is 4.31. The Morgan fingerprint density at radius 1 is 1.15 bits per heavy atom. The van der Waals surface area contributed by atoms with E-state index in [0.717, 1.165) is 50.7 Å². The highest BCUT2D eigenvalue weighted by atomic mass is 16.5. The van der Waals surface area contributed by atoms with Crippen LogP contribution in [0.2, 0.25) is 0 Å². The molecule has 2 heterocycles. The Hall–Kier alpha value is -2.67. The van der Waals surface area contributed by atoms with Crippen molar-refractivity contribution in [2.75, 3.05) is 26.2 Å². The molecule has 1 aliphatic heterocycles. The number of rotatable bonds is 8. The van der Waals surface area contributed by atoms with Gasteiger partial charge in [-0.1, -0.05) is 43.2 Å². The van der Waals surface area contributed by atoms with Gasteiger partial charge in [-0.05, 0) is 57.1 Å². The van der Waals surface area contributed by atoms with Gasteiger partial charge in [0, 0.05) is 32.6 Å². The van der Waals surface area contributed by atoms with Crippen LogP contribution in [0.25, 0.3) is 0 Å². The normalized spacial score (nSPS) is 19.3. The number of carbonyl (C=O) groups is 1. The Kier molecular flexibility index (Phi) is 7.71. The predicted molar refractivity (Wildman–Crippen MR) is 134 cm³/mol. The number of amides is 1. The van der Waals surface area contributed by atoms with Crippen molar-refractivity contribution in [2.45, 2.75) is 72.4 Å². The average Bonchev–Trinajstić information content (AvgIpc) is 3.11. The van der Waals surface area contributed by atoms with E-state index in [4.69, 9.17) is 4.74 Å². The molecule has 0 saturated heterocycles. The smallest absolute Gasteiger partial charge is 0.258 e. The molecule has 0 bridgehead atoms. The molecule has 0 saturated carbocycles. The van der Waals surface area contributed by atoms with Gasteiger partial charge in [-0.2, -0.15) is 0 Å². The van der Waals surface area contributed by atoms with Gasteiger partial charge in [0.1, 0.15) is 11.6 Å². The number of ether oxygens (including phenoxy) is 1. The van der Waals surface area contributed by atoms with E-state index in [2.05, 4.69) is 45.8 Å². The Morgan fingerprint density at radius 3 is 2.71 bits per heavy atom. The first-order chi connectivity index (χ1) is 16.3. The number of para-hydroxylation sites is 1. The fourth-order valence-corrected chi connectivity index (χ4v) is 5.44. The number of allylic oxidation sites excluding steroid dienone is 1. The van der Waals surface area contributed by atoms with Crippen LogP contribution in [0.5, 0.6) is 5.75 Å². The van der Waals surface area contributed by atoms with Crippen LogP contribution in [0.15, 0.2) is 41.5 Å². The molecule has 1 atom stereocenters. The third-order valence-electron chi connectivity index (χ3n) is 7.39. The van der Waals surface area contributed by atoms with Gasteiger partial charge in [-0.25, -0.2) is 0 Å². The monoisotopic (exact) mass is 465 g/mol. The van der Waals surface area contributed by atoms with Crippen LogP contribution in [-0.4, -0.2) is 51.8 Å².